The topological polar surface area (TPSA) is 87.5 Å². The Bertz CT molecular complexity index is 638. The van der Waals surface area contributed by atoms with E-state index in [0.29, 0.717) is 13.1 Å². The van der Waals surface area contributed by atoms with Crippen molar-refractivity contribution < 1.29 is 9.59 Å². The Labute approximate surface area is 155 Å². The maximum absolute atomic E-state index is 12.8. The molecule has 0 spiro atoms. The van der Waals surface area contributed by atoms with Gasteiger partial charge in [-0.05, 0) is 50.7 Å². The van der Waals surface area contributed by atoms with Gasteiger partial charge in [-0.2, -0.15) is 0 Å². The van der Waals surface area contributed by atoms with E-state index in [1.54, 1.807) is 0 Å². The first-order chi connectivity index (χ1) is 12.5. The lowest BCUT2D eigenvalue weighted by Crippen LogP contribution is -2.56. The predicted molar refractivity (Wildman–Crippen MR) is 103 cm³/mol. The minimum Gasteiger partial charge on any atom is -0.341 e. The van der Waals surface area contributed by atoms with Crippen LogP contribution in [0.25, 0.3) is 0 Å². The number of aryl methyl sites for hydroxylation is 1. The summed E-state index contributed by atoms with van der Waals surface area (Å²) < 4.78 is 0. The van der Waals surface area contributed by atoms with Gasteiger partial charge in [-0.1, -0.05) is 30.5 Å². The molecule has 0 radical (unpaired) electrons. The fraction of sp³-hybridized carbons (Fsp3) is 0.600. The summed E-state index contributed by atoms with van der Waals surface area (Å²) in [6, 6.07) is 7.50. The molecule has 1 unspecified atom stereocenters. The molecular formula is C20H30N4O2. The van der Waals surface area contributed by atoms with Crippen LogP contribution in [0.2, 0.25) is 0 Å². The van der Waals surface area contributed by atoms with Crippen LogP contribution in [-0.2, 0) is 4.79 Å². The number of carbonyl (C=O) groups excluding carboxylic acids is 2. The van der Waals surface area contributed by atoms with Gasteiger partial charge in [0, 0.05) is 25.3 Å². The van der Waals surface area contributed by atoms with E-state index in [9.17, 15) is 9.59 Å². The Morgan fingerprint density at radius 3 is 2.58 bits per heavy atom. The number of hydrogen-bond donors (Lipinski definition) is 3. The van der Waals surface area contributed by atoms with Crippen LogP contribution in [0.4, 0.5) is 10.5 Å². The molecular weight excluding hydrogens is 328 g/mol. The minimum atomic E-state index is -0.655. The molecule has 4 N–H and O–H groups in total. The van der Waals surface area contributed by atoms with Crippen LogP contribution in [-0.4, -0.2) is 42.0 Å². The first-order valence-electron chi connectivity index (χ1n) is 9.66. The summed E-state index contributed by atoms with van der Waals surface area (Å²) in [5.41, 5.74) is 7.61. The summed E-state index contributed by atoms with van der Waals surface area (Å²) in [4.78, 5) is 26.8. The van der Waals surface area contributed by atoms with E-state index in [2.05, 4.69) is 10.6 Å². The molecule has 1 aliphatic heterocycles. The van der Waals surface area contributed by atoms with E-state index in [1.807, 2.05) is 36.1 Å². The van der Waals surface area contributed by atoms with Gasteiger partial charge in [-0.3, -0.25) is 4.79 Å². The van der Waals surface area contributed by atoms with Crippen molar-refractivity contribution >= 4 is 17.6 Å². The lowest BCUT2D eigenvalue weighted by atomic mass is 9.92. The number of nitrogens with zero attached hydrogens (tertiary/aromatic N) is 1. The van der Waals surface area contributed by atoms with Crippen LogP contribution in [0.1, 0.15) is 44.1 Å². The zero-order chi connectivity index (χ0) is 18.6. The molecule has 26 heavy (non-hydrogen) atoms. The number of benzene rings is 1. The molecule has 1 saturated heterocycles. The molecule has 0 bridgehead atoms. The van der Waals surface area contributed by atoms with Crippen LogP contribution < -0.4 is 16.4 Å². The van der Waals surface area contributed by atoms with Crippen molar-refractivity contribution in [3.05, 3.63) is 29.8 Å². The molecule has 6 nitrogen and oxygen atoms in total. The molecule has 1 atom stereocenters. The molecule has 1 aromatic carbocycles. The van der Waals surface area contributed by atoms with Gasteiger partial charge in [0.1, 0.15) is 0 Å². The maximum atomic E-state index is 12.8. The lowest BCUT2D eigenvalue weighted by molar-refractivity contribution is -0.138. The number of amides is 3. The van der Waals surface area contributed by atoms with Crippen molar-refractivity contribution in [3.63, 3.8) is 0 Å². The van der Waals surface area contributed by atoms with E-state index < -0.39 is 5.54 Å². The summed E-state index contributed by atoms with van der Waals surface area (Å²) >= 11 is 0. The number of hydrogen-bond acceptors (Lipinski definition) is 3. The van der Waals surface area contributed by atoms with Crippen molar-refractivity contribution in [2.24, 2.45) is 11.7 Å². The van der Waals surface area contributed by atoms with E-state index >= 15 is 0 Å². The van der Waals surface area contributed by atoms with Gasteiger partial charge >= 0.3 is 6.03 Å². The zero-order valence-corrected chi connectivity index (χ0v) is 15.6. The Hall–Kier alpha value is -2.08. The number of likely N-dealkylation sites (tertiary alicyclic amines) is 1. The quantitative estimate of drug-likeness (QED) is 0.773. The number of carbonyl (C=O) groups is 2. The second-order valence-corrected chi connectivity index (χ2v) is 7.82. The van der Waals surface area contributed by atoms with Crippen LogP contribution in [0, 0.1) is 12.8 Å². The number of urea groups is 1. The standard InChI is InChI=1S/C20H30N4O2/c1-15-6-8-17(9-7-15)23-19(26)22-13-16-5-4-12-24(14-16)18(25)20(21)10-2-3-11-20/h6-9,16H,2-5,10-14,21H2,1H3,(H2,22,23,26). The monoisotopic (exact) mass is 358 g/mol. The number of nitrogens with two attached hydrogens (primary N) is 1. The van der Waals surface area contributed by atoms with E-state index in [1.165, 1.54) is 0 Å². The third kappa shape index (κ3) is 4.55. The zero-order valence-electron chi connectivity index (χ0n) is 15.6. The molecule has 0 aromatic heterocycles. The van der Waals surface area contributed by atoms with Crippen LogP contribution in [0.5, 0.6) is 0 Å². The Morgan fingerprint density at radius 2 is 1.88 bits per heavy atom. The summed E-state index contributed by atoms with van der Waals surface area (Å²) in [5, 5.41) is 5.78. The highest BCUT2D eigenvalue weighted by atomic mass is 16.2. The van der Waals surface area contributed by atoms with Crippen molar-refractivity contribution in [1.29, 1.82) is 0 Å². The molecule has 6 heteroatoms. The van der Waals surface area contributed by atoms with E-state index in [0.717, 1.165) is 56.3 Å². The van der Waals surface area contributed by atoms with Crippen molar-refractivity contribution in [3.8, 4) is 0 Å². The van der Waals surface area contributed by atoms with Crippen LogP contribution >= 0.6 is 0 Å². The predicted octanol–water partition coefficient (Wildman–Crippen LogP) is 2.63. The molecule has 1 aliphatic carbocycles. The van der Waals surface area contributed by atoms with Crippen LogP contribution in [0.3, 0.4) is 0 Å². The summed E-state index contributed by atoms with van der Waals surface area (Å²) in [6.07, 6.45) is 5.66. The fourth-order valence-corrected chi connectivity index (χ4v) is 4.00. The third-order valence-electron chi connectivity index (χ3n) is 5.59. The maximum Gasteiger partial charge on any atom is 0.319 e. The fourth-order valence-electron chi connectivity index (χ4n) is 4.00. The van der Waals surface area contributed by atoms with Gasteiger partial charge in [-0.15, -0.1) is 0 Å². The molecule has 2 fully saturated rings. The first kappa shape index (κ1) is 18.7. The molecule has 142 valence electrons. The average molecular weight is 358 g/mol. The normalized spacial score (nSPS) is 22.1. The van der Waals surface area contributed by atoms with Crippen molar-refractivity contribution in [2.45, 2.75) is 51.0 Å². The minimum absolute atomic E-state index is 0.101. The Kier molecular flexibility index (Phi) is 5.81. The number of piperidine rings is 1. The molecule has 3 rings (SSSR count). The largest absolute Gasteiger partial charge is 0.341 e. The lowest BCUT2D eigenvalue weighted by Gasteiger charge is -2.37. The smallest absolute Gasteiger partial charge is 0.319 e. The summed E-state index contributed by atoms with van der Waals surface area (Å²) in [7, 11) is 0. The molecule has 1 heterocycles. The first-order valence-corrected chi connectivity index (χ1v) is 9.66. The number of rotatable bonds is 4. The van der Waals surface area contributed by atoms with Crippen molar-refractivity contribution in [1.82, 2.24) is 10.2 Å². The molecule has 1 saturated carbocycles. The summed E-state index contributed by atoms with van der Waals surface area (Å²) in [6.45, 7) is 4.04. The highest BCUT2D eigenvalue weighted by Gasteiger charge is 2.40. The molecule has 2 aliphatic rings. The highest BCUT2D eigenvalue weighted by molar-refractivity contribution is 5.89. The highest BCUT2D eigenvalue weighted by Crippen LogP contribution is 2.30. The van der Waals surface area contributed by atoms with Gasteiger partial charge in [0.2, 0.25) is 5.91 Å². The van der Waals surface area contributed by atoms with Gasteiger partial charge < -0.3 is 21.3 Å². The van der Waals surface area contributed by atoms with Gasteiger partial charge in [0.15, 0.2) is 0 Å². The van der Waals surface area contributed by atoms with Crippen LogP contribution in [0.15, 0.2) is 24.3 Å². The Balaban J connectivity index is 1.46. The SMILES string of the molecule is Cc1ccc(NC(=O)NCC2CCCN(C(=O)C3(N)CCCC3)C2)cc1. The van der Waals surface area contributed by atoms with Gasteiger partial charge in [0.05, 0.1) is 5.54 Å². The molecule has 3 amide bonds. The van der Waals surface area contributed by atoms with Gasteiger partial charge in [0.25, 0.3) is 0 Å². The summed E-state index contributed by atoms with van der Waals surface area (Å²) in [5.74, 6) is 0.380. The Morgan fingerprint density at radius 1 is 1.19 bits per heavy atom. The second kappa shape index (κ2) is 8.08. The van der Waals surface area contributed by atoms with E-state index in [4.69, 9.17) is 5.73 Å². The average Bonchev–Trinajstić information content (AvgIpc) is 3.09. The van der Waals surface area contributed by atoms with Gasteiger partial charge in [-0.25, -0.2) is 4.79 Å². The second-order valence-electron chi connectivity index (χ2n) is 7.82. The van der Waals surface area contributed by atoms with E-state index in [-0.39, 0.29) is 17.9 Å². The number of nitrogens with one attached hydrogen (secondary N) is 2. The molecule has 1 aromatic rings. The van der Waals surface area contributed by atoms with Crippen molar-refractivity contribution in [2.75, 3.05) is 25.0 Å². The number of anilines is 1. The third-order valence-corrected chi connectivity index (χ3v) is 5.59.